The third kappa shape index (κ3) is 3.18. The molecule has 1 saturated carbocycles. The first kappa shape index (κ1) is 16.3. The molecule has 2 amide bonds. The number of nitrogens with one attached hydrogen (secondary N) is 2. The number of rotatable bonds is 5. The molecule has 2 aromatic rings. The van der Waals surface area contributed by atoms with Crippen LogP contribution in [0.25, 0.3) is 0 Å². The summed E-state index contributed by atoms with van der Waals surface area (Å²) in [6.45, 7) is 0.479. The lowest BCUT2D eigenvalue weighted by atomic mass is 9.97. The Morgan fingerprint density at radius 1 is 1.28 bits per heavy atom. The SMILES string of the molecule is O=C(NCCC1C(=O)Nc2ccccc21)c1scnc1C1CCCC1. The van der Waals surface area contributed by atoms with Gasteiger partial charge in [-0.15, -0.1) is 11.3 Å². The van der Waals surface area contributed by atoms with Gasteiger partial charge in [0.05, 0.1) is 17.1 Å². The maximum Gasteiger partial charge on any atom is 0.263 e. The van der Waals surface area contributed by atoms with Gasteiger partial charge < -0.3 is 10.6 Å². The van der Waals surface area contributed by atoms with Gasteiger partial charge in [0.25, 0.3) is 5.91 Å². The maximum atomic E-state index is 12.5. The number of carbonyl (C=O) groups is 2. The van der Waals surface area contributed by atoms with Crippen LogP contribution in [0.2, 0.25) is 0 Å². The minimum atomic E-state index is -0.188. The molecule has 25 heavy (non-hydrogen) atoms. The lowest BCUT2D eigenvalue weighted by Gasteiger charge is -2.11. The van der Waals surface area contributed by atoms with E-state index in [1.807, 2.05) is 24.3 Å². The number of amides is 2. The molecule has 1 aromatic carbocycles. The molecule has 130 valence electrons. The summed E-state index contributed by atoms with van der Waals surface area (Å²) in [6, 6.07) is 7.74. The molecule has 0 saturated heterocycles. The number of benzene rings is 1. The first-order valence-electron chi connectivity index (χ1n) is 8.85. The molecule has 2 aliphatic rings. The molecule has 1 aliphatic heterocycles. The Bertz CT molecular complexity index is 795. The molecular weight excluding hydrogens is 334 g/mol. The lowest BCUT2D eigenvalue weighted by molar-refractivity contribution is -0.117. The second-order valence-electron chi connectivity index (χ2n) is 6.72. The zero-order valence-electron chi connectivity index (χ0n) is 14.0. The van der Waals surface area contributed by atoms with Crippen LogP contribution in [0, 0.1) is 0 Å². The van der Waals surface area contributed by atoms with Crippen LogP contribution in [0.1, 0.15) is 64.9 Å². The van der Waals surface area contributed by atoms with Crippen LogP contribution in [-0.4, -0.2) is 23.3 Å². The summed E-state index contributed by atoms with van der Waals surface area (Å²) in [6.07, 6.45) is 5.30. The fourth-order valence-electron chi connectivity index (χ4n) is 3.89. The van der Waals surface area contributed by atoms with E-state index in [-0.39, 0.29) is 17.7 Å². The summed E-state index contributed by atoms with van der Waals surface area (Å²) in [5, 5.41) is 5.88. The van der Waals surface area contributed by atoms with Crippen molar-refractivity contribution in [2.45, 2.75) is 43.9 Å². The van der Waals surface area contributed by atoms with E-state index in [4.69, 9.17) is 0 Å². The minimum absolute atomic E-state index is 0.0138. The summed E-state index contributed by atoms with van der Waals surface area (Å²) < 4.78 is 0. The zero-order valence-corrected chi connectivity index (χ0v) is 14.8. The molecule has 6 heteroatoms. The van der Waals surface area contributed by atoms with Gasteiger partial charge >= 0.3 is 0 Å². The average molecular weight is 355 g/mol. The Morgan fingerprint density at radius 3 is 2.92 bits per heavy atom. The van der Waals surface area contributed by atoms with Gasteiger partial charge in [0, 0.05) is 18.2 Å². The number of fused-ring (bicyclic) bond motifs is 1. The summed E-state index contributed by atoms with van der Waals surface area (Å²) in [5.74, 6) is 0.197. The van der Waals surface area contributed by atoms with Crippen LogP contribution < -0.4 is 10.6 Å². The van der Waals surface area contributed by atoms with Crippen molar-refractivity contribution >= 4 is 28.8 Å². The highest BCUT2D eigenvalue weighted by Crippen LogP contribution is 2.36. The van der Waals surface area contributed by atoms with Crippen LogP contribution >= 0.6 is 11.3 Å². The van der Waals surface area contributed by atoms with Crippen LogP contribution in [0.15, 0.2) is 29.8 Å². The van der Waals surface area contributed by atoms with E-state index in [1.165, 1.54) is 24.2 Å². The summed E-state index contributed by atoms with van der Waals surface area (Å²) in [7, 11) is 0. The highest BCUT2D eigenvalue weighted by molar-refractivity contribution is 7.11. The molecule has 2 N–H and O–H groups in total. The molecule has 0 radical (unpaired) electrons. The van der Waals surface area contributed by atoms with Crippen molar-refractivity contribution in [2.75, 3.05) is 11.9 Å². The number of anilines is 1. The van der Waals surface area contributed by atoms with Crippen LogP contribution in [0.5, 0.6) is 0 Å². The molecule has 1 fully saturated rings. The Labute approximate surface area is 150 Å². The second-order valence-corrected chi connectivity index (χ2v) is 7.58. The van der Waals surface area contributed by atoms with Crippen LogP contribution in [0.4, 0.5) is 5.69 Å². The molecule has 1 aromatic heterocycles. The maximum absolute atomic E-state index is 12.5. The fourth-order valence-corrected chi connectivity index (χ4v) is 4.68. The molecule has 1 atom stereocenters. The number of hydrogen-bond acceptors (Lipinski definition) is 4. The zero-order chi connectivity index (χ0) is 17.2. The normalized spacial score (nSPS) is 19.7. The van der Waals surface area contributed by atoms with E-state index in [0.717, 1.165) is 34.7 Å². The van der Waals surface area contributed by atoms with Crippen molar-refractivity contribution in [3.63, 3.8) is 0 Å². The standard InChI is InChI=1S/C19H21N3O2S/c23-18-14(13-7-3-4-8-15(13)22-18)9-10-20-19(24)17-16(21-11-25-17)12-5-1-2-6-12/h3-4,7-8,11-12,14H,1-2,5-6,9-10H2,(H,20,24)(H,22,23). The van der Waals surface area contributed by atoms with Crippen molar-refractivity contribution in [3.8, 4) is 0 Å². The van der Waals surface area contributed by atoms with Gasteiger partial charge in [-0.05, 0) is 30.9 Å². The van der Waals surface area contributed by atoms with Gasteiger partial charge in [-0.1, -0.05) is 31.0 Å². The van der Waals surface area contributed by atoms with Gasteiger partial charge in [-0.3, -0.25) is 9.59 Å². The molecule has 0 spiro atoms. The molecule has 4 rings (SSSR count). The molecule has 1 unspecified atom stereocenters. The van der Waals surface area contributed by atoms with Gasteiger partial charge in [0.2, 0.25) is 5.91 Å². The quantitative estimate of drug-likeness (QED) is 0.860. The molecule has 5 nitrogen and oxygen atoms in total. The number of aromatic nitrogens is 1. The van der Waals surface area contributed by atoms with Crippen molar-refractivity contribution in [1.29, 1.82) is 0 Å². The molecular formula is C19H21N3O2S. The highest BCUT2D eigenvalue weighted by atomic mass is 32.1. The Hall–Kier alpha value is -2.21. The first-order chi connectivity index (χ1) is 12.2. The molecule has 0 bridgehead atoms. The first-order valence-corrected chi connectivity index (χ1v) is 9.73. The predicted octanol–water partition coefficient (Wildman–Crippen LogP) is 3.66. The van der Waals surface area contributed by atoms with Crippen molar-refractivity contribution in [1.82, 2.24) is 10.3 Å². The van der Waals surface area contributed by atoms with Crippen molar-refractivity contribution < 1.29 is 9.59 Å². The van der Waals surface area contributed by atoms with E-state index in [0.29, 0.717) is 18.9 Å². The van der Waals surface area contributed by atoms with Crippen molar-refractivity contribution in [2.24, 2.45) is 0 Å². The number of hydrogen-bond donors (Lipinski definition) is 2. The fraction of sp³-hybridized carbons (Fsp3) is 0.421. The lowest BCUT2D eigenvalue weighted by Crippen LogP contribution is -2.27. The Balaban J connectivity index is 1.37. The molecule has 1 aliphatic carbocycles. The minimum Gasteiger partial charge on any atom is -0.351 e. The van der Waals surface area contributed by atoms with Gasteiger partial charge in [0.1, 0.15) is 4.88 Å². The smallest absolute Gasteiger partial charge is 0.263 e. The Kier molecular flexibility index (Phi) is 4.53. The number of nitrogens with zero attached hydrogens (tertiary/aromatic N) is 1. The summed E-state index contributed by atoms with van der Waals surface area (Å²) in [4.78, 5) is 29.9. The van der Waals surface area contributed by atoms with Crippen LogP contribution in [0.3, 0.4) is 0 Å². The summed E-state index contributed by atoms with van der Waals surface area (Å²) in [5.41, 5.74) is 4.63. The third-order valence-electron chi connectivity index (χ3n) is 5.17. The van der Waals surface area contributed by atoms with Gasteiger partial charge in [-0.2, -0.15) is 0 Å². The number of thiazole rings is 1. The van der Waals surface area contributed by atoms with E-state index in [1.54, 1.807) is 5.51 Å². The third-order valence-corrected chi connectivity index (χ3v) is 6.01. The monoisotopic (exact) mass is 355 g/mol. The second kappa shape index (κ2) is 6.96. The molecule has 2 heterocycles. The largest absolute Gasteiger partial charge is 0.351 e. The van der Waals surface area contributed by atoms with Crippen LogP contribution in [-0.2, 0) is 4.79 Å². The Morgan fingerprint density at radius 2 is 2.08 bits per heavy atom. The van der Waals surface area contributed by atoms with E-state index < -0.39 is 0 Å². The van der Waals surface area contributed by atoms with E-state index in [9.17, 15) is 9.59 Å². The predicted molar refractivity (Wildman–Crippen MR) is 98.1 cm³/mol. The highest BCUT2D eigenvalue weighted by Gasteiger charge is 2.30. The van der Waals surface area contributed by atoms with Gasteiger partial charge in [0.15, 0.2) is 0 Å². The topological polar surface area (TPSA) is 71.1 Å². The van der Waals surface area contributed by atoms with Gasteiger partial charge in [-0.25, -0.2) is 4.98 Å². The van der Waals surface area contributed by atoms with E-state index in [2.05, 4.69) is 15.6 Å². The average Bonchev–Trinajstić information content (AvgIpc) is 3.34. The summed E-state index contributed by atoms with van der Waals surface area (Å²) >= 11 is 1.41. The van der Waals surface area contributed by atoms with E-state index >= 15 is 0 Å². The van der Waals surface area contributed by atoms with Crippen molar-refractivity contribution in [3.05, 3.63) is 45.9 Å². The number of para-hydroxylation sites is 1. The number of carbonyl (C=O) groups excluding carboxylic acids is 2.